The van der Waals surface area contributed by atoms with Gasteiger partial charge in [0.15, 0.2) is 9.84 Å². The molecule has 23 heavy (non-hydrogen) atoms. The largest absolute Gasteiger partial charge is 0.348 e. The summed E-state index contributed by atoms with van der Waals surface area (Å²) in [4.78, 5) is 12.6. The predicted octanol–water partition coefficient (Wildman–Crippen LogP) is 3.38. The molecule has 0 saturated carbocycles. The van der Waals surface area contributed by atoms with Crippen molar-refractivity contribution in [3.05, 3.63) is 46.8 Å². The molecule has 0 aliphatic rings. The Labute approximate surface area is 138 Å². The van der Waals surface area contributed by atoms with Crippen LogP contribution in [0.15, 0.2) is 46.8 Å². The molecule has 0 unspecified atom stereocenters. The molecular formula is C16H16N2O3S2. The lowest BCUT2D eigenvalue weighted by Gasteiger charge is -2.07. The number of anilines is 1. The Hall–Kier alpha value is -2.12. The molecule has 0 bridgehead atoms. The Kier molecular flexibility index (Phi) is 3.99. The number of aromatic nitrogens is 1. The highest BCUT2D eigenvalue weighted by Gasteiger charge is 2.20. The highest BCUT2D eigenvalue weighted by Crippen LogP contribution is 2.25. The lowest BCUT2D eigenvalue weighted by atomic mass is 10.2. The number of benzene rings is 1. The number of amides is 1. The summed E-state index contributed by atoms with van der Waals surface area (Å²) in [5.74, 6) is -0.408. The van der Waals surface area contributed by atoms with Gasteiger partial charge >= 0.3 is 0 Å². The number of rotatable bonds is 4. The summed E-state index contributed by atoms with van der Waals surface area (Å²) < 4.78 is 25.5. The van der Waals surface area contributed by atoms with Gasteiger partial charge in [-0.05, 0) is 42.6 Å². The number of thiophene rings is 1. The highest BCUT2D eigenvalue weighted by atomic mass is 32.2. The molecule has 1 N–H and O–H groups in total. The van der Waals surface area contributed by atoms with Crippen LogP contribution in [0.5, 0.6) is 0 Å². The zero-order chi connectivity index (χ0) is 16.6. The zero-order valence-electron chi connectivity index (χ0n) is 12.7. The van der Waals surface area contributed by atoms with E-state index in [2.05, 4.69) is 16.8 Å². The summed E-state index contributed by atoms with van der Waals surface area (Å²) in [6.45, 7) is 2.95. The Morgan fingerprint density at radius 1 is 1.26 bits per heavy atom. The molecule has 3 aromatic rings. The van der Waals surface area contributed by atoms with Crippen molar-refractivity contribution in [2.24, 2.45) is 0 Å². The molecule has 120 valence electrons. The SMILES string of the molecule is CCn1ccc2cc(NC(=O)c3sccc3S(C)(=O)=O)ccc21. The van der Waals surface area contributed by atoms with Crippen LogP contribution in [-0.4, -0.2) is 25.1 Å². The minimum absolute atomic E-state index is 0.0678. The Bertz CT molecular complexity index is 984. The molecule has 0 radical (unpaired) electrons. The fourth-order valence-corrected chi connectivity index (χ4v) is 4.61. The average molecular weight is 348 g/mol. The molecule has 0 spiro atoms. The molecule has 2 heterocycles. The number of sulfone groups is 1. The lowest BCUT2D eigenvalue weighted by molar-refractivity contribution is 0.102. The standard InChI is InChI=1S/C16H16N2O3S2/c1-3-18-8-6-11-10-12(4-5-13(11)18)17-16(19)15-14(7-9-22-15)23(2,20)21/h4-10H,3H2,1-2H3,(H,17,19). The molecule has 1 aromatic carbocycles. The van der Waals surface area contributed by atoms with Crippen molar-refractivity contribution < 1.29 is 13.2 Å². The van der Waals surface area contributed by atoms with Gasteiger partial charge in [-0.2, -0.15) is 0 Å². The summed E-state index contributed by atoms with van der Waals surface area (Å²) in [5, 5.41) is 5.41. The number of hydrogen-bond donors (Lipinski definition) is 1. The van der Waals surface area contributed by atoms with Crippen molar-refractivity contribution in [1.29, 1.82) is 0 Å². The molecule has 1 amide bonds. The van der Waals surface area contributed by atoms with Crippen LogP contribution in [0.4, 0.5) is 5.69 Å². The Balaban J connectivity index is 1.90. The van der Waals surface area contributed by atoms with E-state index in [1.807, 2.05) is 30.5 Å². The van der Waals surface area contributed by atoms with Gasteiger partial charge in [-0.15, -0.1) is 11.3 Å². The third-order valence-corrected chi connectivity index (χ3v) is 5.79. The van der Waals surface area contributed by atoms with Gasteiger partial charge in [0.05, 0.1) is 4.90 Å². The van der Waals surface area contributed by atoms with Crippen LogP contribution in [0.2, 0.25) is 0 Å². The molecule has 0 saturated heterocycles. The number of carbonyl (C=O) groups excluding carboxylic acids is 1. The van der Waals surface area contributed by atoms with Gasteiger partial charge in [0.2, 0.25) is 0 Å². The number of aryl methyl sites for hydroxylation is 1. The predicted molar refractivity (Wildman–Crippen MR) is 93.0 cm³/mol. The van der Waals surface area contributed by atoms with E-state index in [1.165, 1.54) is 6.07 Å². The van der Waals surface area contributed by atoms with Crippen molar-refractivity contribution in [3.8, 4) is 0 Å². The van der Waals surface area contributed by atoms with Crippen molar-refractivity contribution in [2.75, 3.05) is 11.6 Å². The molecule has 2 aromatic heterocycles. The first-order valence-corrected chi connectivity index (χ1v) is 9.85. The second kappa shape index (κ2) is 5.82. The third kappa shape index (κ3) is 3.02. The van der Waals surface area contributed by atoms with Crippen LogP contribution in [0.1, 0.15) is 16.6 Å². The van der Waals surface area contributed by atoms with Gasteiger partial charge in [-0.3, -0.25) is 4.79 Å². The van der Waals surface area contributed by atoms with E-state index in [9.17, 15) is 13.2 Å². The van der Waals surface area contributed by atoms with E-state index >= 15 is 0 Å². The number of carbonyl (C=O) groups is 1. The first kappa shape index (κ1) is 15.8. The van der Waals surface area contributed by atoms with Crippen molar-refractivity contribution >= 4 is 43.7 Å². The highest BCUT2D eigenvalue weighted by molar-refractivity contribution is 7.91. The van der Waals surface area contributed by atoms with E-state index in [-0.39, 0.29) is 9.77 Å². The normalized spacial score (nSPS) is 11.7. The maximum absolute atomic E-state index is 12.4. The summed E-state index contributed by atoms with van der Waals surface area (Å²) in [6, 6.07) is 9.09. The zero-order valence-corrected chi connectivity index (χ0v) is 14.4. The Morgan fingerprint density at radius 2 is 2.04 bits per heavy atom. The van der Waals surface area contributed by atoms with E-state index in [4.69, 9.17) is 0 Å². The second-order valence-corrected chi connectivity index (χ2v) is 8.12. The lowest BCUT2D eigenvalue weighted by Crippen LogP contribution is -2.13. The smallest absolute Gasteiger partial charge is 0.267 e. The summed E-state index contributed by atoms with van der Waals surface area (Å²) in [5.41, 5.74) is 1.74. The van der Waals surface area contributed by atoms with Crippen LogP contribution in [0.25, 0.3) is 10.9 Å². The van der Waals surface area contributed by atoms with E-state index in [0.717, 1.165) is 35.0 Å². The number of nitrogens with zero attached hydrogens (tertiary/aromatic N) is 1. The van der Waals surface area contributed by atoms with Crippen molar-refractivity contribution in [1.82, 2.24) is 4.57 Å². The van der Waals surface area contributed by atoms with Crippen LogP contribution in [0, 0.1) is 0 Å². The monoisotopic (exact) mass is 348 g/mol. The average Bonchev–Trinajstić information content (AvgIpc) is 3.13. The quantitative estimate of drug-likeness (QED) is 0.786. The molecule has 0 aliphatic heterocycles. The van der Waals surface area contributed by atoms with Crippen LogP contribution in [-0.2, 0) is 16.4 Å². The topological polar surface area (TPSA) is 68.2 Å². The molecule has 3 rings (SSSR count). The molecular weight excluding hydrogens is 332 g/mol. The van der Waals surface area contributed by atoms with Crippen molar-refractivity contribution in [2.45, 2.75) is 18.4 Å². The molecule has 0 fully saturated rings. The number of fused-ring (bicyclic) bond motifs is 1. The molecule has 0 aliphatic carbocycles. The maximum atomic E-state index is 12.4. The van der Waals surface area contributed by atoms with Gasteiger partial charge in [-0.25, -0.2) is 8.42 Å². The van der Waals surface area contributed by atoms with E-state index in [0.29, 0.717) is 5.69 Å². The van der Waals surface area contributed by atoms with Crippen LogP contribution < -0.4 is 5.32 Å². The van der Waals surface area contributed by atoms with Gasteiger partial charge in [0.1, 0.15) is 4.88 Å². The number of nitrogens with one attached hydrogen (secondary N) is 1. The molecule has 0 atom stereocenters. The first-order chi connectivity index (χ1) is 10.9. The molecule has 5 nitrogen and oxygen atoms in total. The minimum atomic E-state index is -3.42. The van der Waals surface area contributed by atoms with Crippen LogP contribution in [0.3, 0.4) is 0 Å². The minimum Gasteiger partial charge on any atom is -0.348 e. The van der Waals surface area contributed by atoms with Crippen LogP contribution >= 0.6 is 11.3 Å². The van der Waals surface area contributed by atoms with Gasteiger partial charge in [0.25, 0.3) is 5.91 Å². The first-order valence-electron chi connectivity index (χ1n) is 7.08. The fourth-order valence-electron chi connectivity index (χ4n) is 2.50. The maximum Gasteiger partial charge on any atom is 0.267 e. The van der Waals surface area contributed by atoms with Gasteiger partial charge in [-0.1, -0.05) is 0 Å². The van der Waals surface area contributed by atoms with Gasteiger partial charge in [0, 0.05) is 35.6 Å². The third-order valence-electron chi connectivity index (χ3n) is 3.60. The fraction of sp³-hybridized carbons (Fsp3) is 0.188. The van der Waals surface area contributed by atoms with E-state index in [1.54, 1.807) is 5.38 Å². The summed E-state index contributed by atoms with van der Waals surface area (Å²) in [6.07, 6.45) is 3.10. The van der Waals surface area contributed by atoms with Crippen molar-refractivity contribution in [3.63, 3.8) is 0 Å². The summed E-state index contributed by atoms with van der Waals surface area (Å²) in [7, 11) is -3.42. The number of hydrogen-bond acceptors (Lipinski definition) is 4. The second-order valence-electron chi connectivity index (χ2n) is 5.22. The van der Waals surface area contributed by atoms with Gasteiger partial charge < -0.3 is 9.88 Å². The van der Waals surface area contributed by atoms with E-state index < -0.39 is 15.7 Å². The summed E-state index contributed by atoms with van der Waals surface area (Å²) >= 11 is 1.12. The Morgan fingerprint density at radius 3 is 2.74 bits per heavy atom. The molecule has 7 heteroatoms.